The van der Waals surface area contributed by atoms with Crippen molar-refractivity contribution < 1.29 is 0 Å². The molecule has 1 rings (SSSR count). The van der Waals surface area contributed by atoms with Gasteiger partial charge in [-0.2, -0.15) is 0 Å². The van der Waals surface area contributed by atoms with Crippen LogP contribution in [0.1, 0.15) is 13.8 Å². The third-order valence-corrected chi connectivity index (χ3v) is 1.31. The molecule has 0 fully saturated rings. The van der Waals surface area contributed by atoms with Crippen molar-refractivity contribution in [2.24, 2.45) is 5.73 Å². The first-order valence-corrected chi connectivity index (χ1v) is 3.87. The Balaban J connectivity index is 2.44. The van der Waals surface area contributed by atoms with Gasteiger partial charge in [0.05, 0.1) is 0 Å². The predicted octanol–water partition coefficient (Wildman–Crippen LogP) is 0.626. The van der Waals surface area contributed by atoms with Crippen LogP contribution in [0.25, 0.3) is 0 Å². The van der Waals surface area contributed by atoms with Gasteiger partial charge in [0.1, 0.15) is 12.1 Å². The van der Waals surface area contributed by atoms with Gasteiger partial charge in [-0.05, 0) is 19.9 Å². The Morgan fingerprint density at radius 1 is 1.58 bits per heavy atom. The Bertz CT molecular complexity index is 227. The van der Waals surface area contributed by atoms with Crippen LogP contribution in [0, 0.1) is 0 Å². The molecule has 0 aromatic carbocycles. The minimum atomic E-state index is -0.217. The smallest absolute Gasteiger partial charge is 0.129 e. The van der Waals surface area contributed by atoms with Crippen LogP contribution in [0.2, 0.25) is 0 Å². The number of anilines is 1. The molecule has 0 aliphatic heterocycles. The van der Waals surface area contributed by atoms with Crippen LogP contribution >= 0.6 is 0 Å². The van der Waals surface area contributed by atoms with Crippen LogP contribution in [-0.2, 0) is 0 Å². The van der Waals surface area contributed by atoms with E-state index >= 15 is 0 Å². The molecule has 4 nitrogen and oxygen atoms in total. The van der Waals surface area contributed by atoms with E-state index < -0.39 is 0 Å². The lowest BCUT2D eigenvalue weighted by atomic mass is 10.1. The number of hydrogen-bond donors (Lipinski definition) is 2. The lowest BCUT2D eigenvalue weighted by molar-refractivity contribution is 0.548. The van der Waals surface area contributed by atoms with Crippen LogP contribution < -0.4 is 11.1 Å². The molecule has 0 aliphatic rings. The van der Waals surface area contributed by atoms with E-state index in [-0.39, 0.29) is 5.54 Å². The zero-order chi connectivity index (χ0) is 9.03. The van der Waals surface area contributed by atoms with Gasteiger partial charge in [0, 0.05) is 18.3 Å². The number of rotatable bonds is 3. The summed E-state index contributed by atoms with van der Waals surface area (Å²) < 4.78 is 0. The zero-order valence-electron chi connectivity index (χ0n) is 7.41. The molecular weight excluding hydrogens is 152 g/mol. The van der Waals surface area contributed by atoms with Crippen molar-refractivity contribution in [3.63, 3.8) is 0 Å². The molecule has 0 aliphatic carbocycles. The topological polar surface area (TPSA) is 63.8 Å². The van der Waals surface area contributed by atoms with E-state index in [1.807, 2.05) is 19.9 Å². The number of nitrogens with two attached hydrogens (primary N) is 1. The van der Waals surface area contributed by atoms with Crippen LogP contribution in [0.3, 0.4) is 0 Å². The molecule has 12 heavy (non-hydrogen) atoms. The van der Waals surface area contributed by atoms with Gasteiger partial charge in [-0.15, -0.1) is 0 Å². The summed E-state index contributed by atoms with van der Waals surface area (Å²) in [5, 5.41) is 3.11. The fourth-order valence-corrected chi connectivity index (χ4v) is 0.714. The van der Waals surface area contributed by atoms with Crippen LogP contribution in [0.5, 0.6) is 0 Å². The van der Waals surface area contributed by atoms with Crippen molar-refractivity contribution in [3.8, 4) is 0 Å². The summed E-state index contributed by atoms with van der Waals surface area (Å²) in [6.45, 7) is 4.62. The van der Waals surface area contributed by atoms with Gasteiger partial charge in [0.15, 0.2) is 0 Å². The third kappa shape index (κ3) is 3.30. The summed E-state index contributed by atoms with van der Waals surface area (Å²) in [7, 11) is 0. The summed E-state index contributed by atoms with van der Waals surface area (Å²) in [5.41, 5.74) is 5.56. The highest BCUT2D eigenvalue weighted by atomic mass is 15.0. The number of nitrogens with zero attached hydrogens (tertiary/aromatic N) is 2. The second-order valence-corrected chi connectivity index (χ2v) is 3.44. The van der Waals surface area contributed by atoms with E-state index in [2.05, 4.69) is 15.3 Å². The molecule has 1 heterocycles. The first-order chi connectivity index (χ1) is 5.58. The first-order valence-electron chi connectivity index (χ1n) is 3.87. The van der Waals surface area contributed by atoms with Crippen LogP contribution in [0.15, 0.2) is 18.6 Å². The summed E-state index contributed by atoms with van der Waals surface area (Å²) in [6, 6.07) is 1.81. The molecule has 0 bridgehead atoms. The van der Waals surface area contributed by atoms with Gasteiger partial charge in [0.25, 0.3) is 0 Å². The van der Waals surface area contributed by atoms with Crippen molar-refractivity contribution in [2.75, 3.05) is 11.9 Å². The maximum atomic E-state index is 5.78. The molecule has 3 N–H and O–H groups in total. The second-order valence-electron chi connectivity index (χ2n) is 3.44. The normalized spacial score (nSPS) is 11.2. The highest BCUT2D eigenvalue weighted by Gasteiger charge is 2.09. The molecule has 0 radical (unpaired) electrons. The Morgan fingerprint density at radius 3 is 2.83 bits per heavy atom. The molecule has 0 saturated carbocycles. The number of hydrogen-bond acceptors (Lipinski definition) is 4. The van der Waals surface area contributed by atoms with Crippen LogP contribution in [-0.4, -0.2) is 22.1 Å². The quantitative estimate of drug-likeness (QED) is 0.691. The Hall–Kier alpha value is -1.16. The van der Waals surface area contributed by atoms with E-state index in [0.717, 1.165) is 5.82 Å². The van der Waals surface area contributed by atoms with Crippen molar-refractivity contribution in [2.45, 2.75) is 19.4 Å². The molecular formula is C8H14N4. The highest BCUT2D eigenvalue weighted by Crippen LogP contribution is 2.01. The minimum absolute atomic E-state index is 0.217. The fraction of sp³-hybridized carbons (Fsp3) is 0.500. The molecule has 1 aromatic heterocycles. The van der Waals surface area contributed by atoms with E-state index in [0.29, 0.717) is 6.54 Å². The van der Waals surface area contributed by atoms with Gasteiger partial charge in [0.2, 0.25) is 0 Å². The second kappa shape index (κ2) is 3.49. The molecule has 0 atom stereocenters. The van der Waals surface area contributed by atoms with Crippen LogP contribution in [0.4, 0.5) is 5.82 Å². The SMILES string of the molecule is CC(C)(N)CNc1ccncn1. The summed E-state index contributed by atoms with van der Waals surface area (Å²) in [6.07, 6.45) is 3.20. The van der Waals surface area contributed by atoms with Gasteiger partial charge < -0.3 is 11.1 Å². The van der Waals surface area contributed by atoms with E-state index in [1.165, 1.54) is 6.33 Å². The van der Waals surface area contributed by atoms with Crippen molar-refractivity contribution in [3.05, 3.63) is 18.6 Å². The Labute approximate surface area is 72.2 Å². The molecule has 4 heteroatoms. The molecule has 0 spiro atoms. The van der Waals surface area contributed by atoms with Crippen molar-refractivity contribution in [1.29, 1.82) is 0 Å². The average Bonchev–Trinajstić information content (AvgIpc) is 2.02. The summed E-state index contributed by atoms with van der Waals surface area (Å²) in [4.78, 5) is 7.81. The minimum Gasteiger partial charge on any atom is -0.368 e. The maximum absolute atomic E-state index is 5.78. The number of nitrogens with one attached hydrogen (secondary N) is 1. The van der Waals surface area contributed by atoms with Gasteiger partial charge in [-0.25, -0.2) is 9.97 Å². The average molecular weight is 166 g/mol. The Kier molecular flexibility index (Phi) is 2.60. The standard InChI is InChI=1S/C8H14N4/c1-8(2,9)5-11-7-3-4-10-6-12-7/h3-4,6H,5,9H2,1-2H3,(H,10,11,12). The van der Waals surface area contributed by atoms with Gasteiger partial charge >= 0.3 is 0 Å². The van der Waals surface area contributed by atoms with Gasteiger partial charge in [-0.1, -0.05) is 0 Å². The largest absolute Gasteiger partial charge is 0.368 e. The maximum Gasteiger partial charge on any atom is 0.129 e. The fourth-order valence-electron chi connectivity index (χ4n) is 0.714. The van der Waals surface area contributed by atoms with E-state index in [1.54, 1.807) is 6.20 Å². The highest BCUT2D eigenvalue weighted by molar-refractivity contribution is 5.31. The lowest BCUT2D eigenvalue weighted by Crippen LogP contribution is -2.39. The summed E-state index contributed by atoms with van der Waals surface area (Å²) >= 11 is 0. The molecule has 0 amide bonds. The molecule has 1 aromatic rings. The van der Waals surface area contributed by atoms with Crippen molar-refractivity contribution >= 4 is 5.82 Å². The monoisotopic (exact) mass is 166 g/mol. The first kappa shape index (κ1) is 8.93. The number of aromatic nitrogens is 2. The Morgan fingerprint density at radius 2 is 2.33 bits per heavy atom. The van der Waals surface area contributed by atoms with E-state index in [4.69, 9.17) is 5.73 Å². The third-order valence-electron chi connectivity index (χ3n) is 1.31. The molecule has 0 saturated heterocycles. The molecule has 0 unspecified atom stereocenters. The molecule has 66 valence electrons. The van der Waals surface area contributed by atoms with Crippen molar-refractivity contribution in [1.82, 2.24) is 9.97 Å². The van der Waals surface area contributed by atoms with E-state index in [9.17, 15) is 0 Å². The van der Waals surface area contributed by atoms with Gasteiger partial charge in [-0.3, -0.25) is 0 Å². The zero-order valence-corrected chi connectivity index (χ0v) is 7.41. The lowest BCUT2D eigenvalue weighted by Gasteiger charge is -2.18. The predicted molar refractivity (Wildman–Crippen MR) is 48.8 cm³/mol. The summed E-state index contributed by atoms with van der Waals surface area (Å²) in [5.74, 6) is 0.809.